The summed E-state index contributed by atoms with van der Waals surface area (Å²) >= 11 is 0. The zero-order valence-electron chi connectivity index (χ0n) is 11.6. The van der Waals surface area contributed by atoms with Gasteiger partial charge in [0.25, 0.3) is 0 Å². The first-order chi connectivity index (χ1) is 9.52. The number of ether oxygens (including phenoxy) is 2. The minimum Gasteiger partial charge on any atom is -0.377 e. The van der Waals surface area contributed by atoms with Crippen molar-refractivity contribution in [2.45, 2.75) is 17.1 Å². The minimum atomic E-state index is -3.63. The summed E-state index contributed by atoms with van der Waals surface area (Å²) < 4.78 is 36.7. The molecule has 0 aromatic carbocycles. The van der Waals surface area contributed by atoms with Crippen molar-refractivity contribution in [3.05, 3.63) is 12.4 Å². The fourth-order valence-electron chi connectivity index (χ4n) is 2.09. The highest BCUT2D eigenvalue weighted by molar-refractivity contribution is 7.89. The van der Waals surface area contributed by atoms with Crippen molar-refractivity contribution in [2.24, 2.45) is 0 Å². The topological polar surface area (TPSA) is 93.7 Å². The van der Waals surface area contributed by atoms with Gasteiger partial charge >= 0.3 is 0 Å². The molecule has 8 nitrogen and oxygen atoms in total. The summed E-state index contributed by atoms with van der Waals surface area (Å²) in [5.74, 6) is 0.370. The summed E-state index contributed by atoms with van der Waals surface area (Å²) in [4.78, 5) is 7.90. The van der Waals surface area contributed by atoms with Gasteiger partial charge in [-0.3, -0.25) is 0 Å². The number of rotatable bonds is 5. The Hall–Kier alpha value is -1.29. The van der Waals surface area contributed by atoms with Crippen LogP contribution in [-0.2, 0) is 19.5 Å². The van der Waals surface area contributed by atoms with Gasteiger partial charge < -0.3 is 14.8 Å². The second-order valence-electron chi connectivity index (χ2n) is 4.36. The highest BCUT2D eigenvalue weighted by Gasteiger charge is 2.40. The molecule has 1 aromatic rings. The van der Waals surface area contributed by atoms with Gasteiger partial charge in [-0.1, -0.05) is 0 Å². The molecule has 0 bridgehead atoms. The average Bonchev–Trinajstić information content (AvgIpc) is 2.91. The van der Waals surface area contributed by atoms with Crippen molar-refractivity contribution < 1.29 is 17.9 Å². The van der Waals surface area contributed by atoms with Gasteiger partial charge in [-0.2, -0.15) is 4.31 Å². The largest absolute Gasteiger partial charge is 0.377 e. The normalized spacial score (nSPS) is 23.9. The Morgan fingerprint density at radius 2 is 1.70 bits per heavy atom. The van der Waals surface area contributed by atoms with Crippen LogP contribution >= 0.6 is 0 Å². The van der Waals surface area contributed by atoms with Crippen LogP contribution in [0.1, 0.15) is 0 Å². The molecule has 0 aliphatic carbocycles. The van der Waals surface area contributed by atoms with E-state index in [0.717, 1.165) is 0 Å². The van der Waals surface area contributed by atoms with E-state index in [1.54, 1.807) is 7.05 Å². The molecule has 112 valence electrons. The Labute approximate surface area is 118 Å². The lowest BCUT2D eigenvalue weighted by Gasteiger charge is -2.15. The number of nitrogens with one attached hydrogen (secondary N) is 1. The molecule has 2 unspecified atom stereocenters. The van der Waals surface area contributed by atoms with Crippen LogP contribution in [0.4, 0.5) is 5.95 Å². The predicted molar refractivity (Wildman–Crippen MR) is 71.9 cm³/mol. The highest BCUT2D eigenvalue weighted by Crippen LogP contribution is 2.23. The first-order valence-corrected chi connectivity index (χ1v) is 7.52. The standard InChI is InChI=1S/C11H18N4O4S/c1-12-11-13-4-8(5-14-11)20(16,17)15-6-9(18-2)10(7-15)19-3/h4-5,9-10H,6-7H2,1-3H3,(H,12,13,14). The van der Waals surface area contributed by atoms with Gasteiger partial charge in [-0.05, 0) is 0 Å². The maximum atomic E-state index is 12.5. The summed E-state index contributed by atoms with van der Waals surface area (Å²) in [6.07, 6.45) is 2.03. The molecular formula is C11H18N4O4S. The molecule has 0 spiro atoms. The van der Waals surface area contributed by atoms with Crippen LogP contribution in [0.5, 0.6) is 0 Å². The number of aromatic nitrogens is 2. The maximum absolute atomic E-state index is 12.5. The van der Waals surface area contributed by atoms with Gasteiger partial charge in [0.1, 0.15) is 4.90 Å². The molecule has 1 N–H and O–H groups in total. The Balaban J connectivity index is 2.22. The highest BCUT2D eigenvalue weighted by atomic mass is 32.2. The molecule has 1 aliphatic heterocycles. The van der Waals surface area contributed by atoms with Crippen LogP contribution in [0.15, 0.2) is 17.3 Å². The number of sulfonamides is 1. The zero-order valence-corrected chi connectivity index (χ0v) is 12.4. The first kappa shape index (κ1) is 15.1. The quantitative estimate of drug-likeness (QED) is 0.787. The molecule has 2 atom stereocenters. The summed E-state index contributed by atoms with van der Waals surface area (Å²) in [5, 5.41) is 2.74. The Kier molecular flexibility index (Phi) is 4.53. The average molecular weight is 302 g/mol. The van der Waals surface area contributed by atoms with Crippen molar-refractivity contribution in [1.29, 1.82) is 0 Å². The van der Waals surface area contributed by atoms with Crippen LogP contribution in [0, 0.1) is 0 Å². The van der Waals surface area contributed by atoms with Crippen LogP contribution in [0.3, 0.4) is 0 Å². The van der Waals surface area contributed by atoms with Gasteiger partial charge in [0, 0.05) is 34.4 Å². The lowest BCUT2D eigenvalue weighted by atomic mass is 10.3. The molecule has 0 saturated carbocycles. The lowest BCUT2D eigenvalue weighted by molar-refractivity contribution is -0.00461. The van der Waals surface area contributed by atoms with Crippen molar-refractivity contribution in [3.63, 3.8) is 0 Å². The first-order valence-electron chi connectivity index (χ1n) is 6.08. The summed E-state index contributed by atoms with van der Waals surface area (Å²) in [6.45, 7) is 0.510. The molecule has 1 saturated heterocycles. The van der Waals surface area contributed by atoms with Gasteiger partial charge in [-0.25, -0.2) is 18.4 Å². The lowest BCUT2D eigenvalue weighted by Crippen LogP contribution is -2.30. The number of nitrogens with zero attached hydrogens (tertiary/aromatic N) is 3. The third-order valence-corrected chi connectivity index (χ3v) is 5.06. The van der Waals surface area contributed by atoms with Crippen molar-refractivity contribution >= 4 is 16.0 Å². The van der Waals surface area contributed by atoms with Gasteiger partial charge in [0.2, 0.25) is 16.0 Å². The third kappa shape index (κ3) is 2.75. The molecule has 20 heavy (non-hydrogen) atoms. The van der Waals surface area contributed by atoms with E-state index in [4.69, 9.17) is 9.47 Å². The predicted octanol–water partition coefficient (Wildman–Crippen LogP) is -0.447. The van der Waals surface area contributed by atoms with E-state index in [1.165, 1.54) is 30.9 Å². The van der Waals surface area contributed by atoms with Crippen molar-refractivity contribution in [2.75, 3.05) is 39.7 Å². The molecule has 0 radical (unpaired) electrons. The second-order valence-corrected chi connectivity index (χ2v) is 6.30. The van der Waals surface area contributed by atoms with Crippen LogP contribution in [0.25, 0.3) is 0 Å². The van der Waals surface area contributed by atoms with Gasteiger partial charge in [0.05, 0.1) is 24.6 Å². The molecule has 9 heteroatoms. The Morgan fingerprint density at radius 1 is 1.20 bits per heavy atom. The molecule has 1 aromatic heterocycles. The molecule has 1 aliphatic rings. The molecular weight excluding hydrogens is 284 g/mol. The monoisotopic (exact) mass is 302 g/mol. The second kappa shape index (κ2) is 6.00. The minimum absolute atomic E-state index is 0.0584. The number of hydrogen-bond donors (Lipinski definition) is 1. The van der Waals surface area contributed by atoms with E-state index in [0.29, 0.717) is 5.95 Å². The smallest absolute Gasteiger partial charge is 0.246 e. The third-order valence-electron chi connectivity index (χ3n) is 3.28. The number of anilines is 1. The molecule has 2 heterocycles. The van der Waals surface area contributed by atoms with Crippen LogP contribution in [-0.4, -0.2) is 69.3 Å². The zero-order chi connectivity index (χ0) is 14.8. The van der Waals surface area contributed by atoms with Gasteiger partial charge in [-0.15, -0.1) is 0 Å². The van der Waals surface area contributed by atoms with E-state index < -0.39 is 10.0 Å². The van der Waals surface area contributed by atoms with Crippen LogP contribution in [0.2, 0.25) is 0 Å². The molecule has 1 fully saturated rings. The maximum Gasteiger partial charge on any atom is 0.246 e. The van der Waals surface area contributed by atoms with E-state index >= 15 is 0 Å². The van der Waals surface area contributed by atoms with E-state index in [1.807, 2.05) is 0 Å². The summed E-state index contributed by atoms with van der Waals surface area (Å²) in [7, 11) is 1.11. The number of hydrogen-bond acceptors (Lipinski definition) is 7. The summed E-state index contributed by atoms with van der Waals surface area (Å²) in [5.41, 5.74) is 0. The SMILES string of the molecule is CNc1ncc(S(=O)(=O)N2CC(OC)C(OC)C2)cn1. The molecule has 0 amide bonds. The Morgan fingerprint density at radius 3 is 2.10 bits per heavy atom. The van der Waals surface area contributed by atoms with E-state index in [2.05, 4.69) is 15.3 Å². The van der Waals surface area contributed by atoms with Crippen molar-refractivity contribution in [3.8, 4) is 0 Å². The number of methoxy groups -OCH3 is 2. The Bertz CT molecular complexity index is 536. The van der Waals surface area contributed by atoms with Gasteiger partial charge in [0.15, 0.2) is 0 Å². The van der Waals surface area contributed by atoms with E-state index in [9.17, 15) is 8.42 Å². The fourth-order valence-corrected chi connectivity index (χ4v) is 3.44. The molecule has 2 rings (SSSR count). The summed E-state index contributed by atoms with van der Waals surface area (Å²) in [6, 6.07) is 0. The van der Waals surface area contributed by atoms with Crippen molar-refractivity contribution in [1.82, 2.24) is 14.3 Å². The fraction of sp³-hybridized carbons (Fsp3) is 0.636. The van der Waals surface area contributed by atoms with E-state index in [-0.39, 0.29) is 30.2 Å². The van der Waals surface area contributed by atoms with Crippen LogP contribution < -0.4 is 5.32 Å².